The summed E-state index contributed by atoms with van der Waals surface area (Å²) in [5, 5.41) is 2.49. The second-order valence-corrected chi connectivity index (χ2v) is 7.23. The molecule has 0 aromatic heterocycles. The molecular weight excluding hydrogens is 385 g/mol. The predicted octanol–water partition coefficient (Wildman–Crippen LogP) is 4.60. The van der Waals surface area contributed by atoms with Gasteiger partial charge in [0, 0.05) is 17.8 Å². The van der Waals surface area contributed by atoms with E-state index in [9.17, 15) is 27.6 Å². The van der Waals surface area contributed by atoms with Gasteiger partial charge in [-0.2, -0.15) is 13.2 Å². The van der Waals surface area contributed by atoms with E-state index in [-0.39, 0.29) is 28.3 Å². The van der Waals surface area contributed by atoms with Crippen molar-refractivity contribution in [2.24, 2.45) is 5.92 Å². The third-order valence-electron chi connectivity index (χ3n) is 4.63. The number of benzene rings is 2. The number of hydrogen-bond acceptors (Lipinski definition) is 3. The molecule has 3 amide bonds. The van der Waals surface area contributed by atoms with E-state index in [1.807, 2.05) is 13.8 Å². The molecule has 8 heteroatoms. The Kier molecular flexibility index (Phi) is 5.46. The third kappa shape index (κ3) is 4.31. The van der Waals surface area contributed by atoms with Gasteiger partial charge in [-0.1, -0.05) is 13.8 Å². The molecule has 1 N–H and O–H groups in total. The molecule has 0 bridgehead atoms. The second kappa shape index (κ2) is 7.69. The van der Waals surface area contributed by atoms with Crippen LogP contribution < -0.4 is 5.32 Å². The first-order chi connectivity index (χ1) is 13.6. The number of hydrogen-bond donors (Lipinski definition) is 1. The van der Waals surface area contributed by atoms with Gasteiger partial charge < -0.3 is 5.32 Å². The van der Waals surface area contributed by atoms with E-state index in [2.05, 4.69) is 5.32 Å². The Bertz CT molecular complexity index is 966. The van der Waals surface area contributed by atoms with Crippen molar-refractivity contribution in [1.29, 1.82) is 0 Å². The van der Waals surface area contributed by atoms with Crippen LogP contribution in [0, 0.1) is 5.92 Å². The molecule has 0 spiro atoms. The highest BCUT2D eigenvalue weighted by atomic mass is 19.4. The largest absolute Gasteiger partial charge is 0.416 e. The van der Waals surface area contributed by atoms with Gasteiger partial charge in [0.15, 0.2) is 0 Å². The lowest BCUT2D eigenvalue weighted by Crippen LogP contribution is -2.31. The Hall–Kier alpha value is -3.16. The molecule has 0 fully saturated rings. The molecule has 29 heavy (non-hydrogen) atoms. The average Bonchev–Trinajstić information content (AvgIpc) is 2.89. The Labute approximate surface area is 165 Å². The van der Waals surface area contributed by atoms with E-state index in [0.717, 1.165) is 24.3 Å². The topological polar surface area (TPSA) is 66.5 Å². The standard InChI is InChI=1S/C21H19F3N2O3/c1-12(2)9-10-26-19(28)16-8-3-13(11-17(16)20(26)29)18(27)25-15-6-4-14(5-7-15)21(22,23)24/h3-8,11-12H,9-10H2,1-2H3,(H,25,27). The molecule has 0 saturated carbocycles. The maximum absolute atomic E-state index is 12.6. The summed E-state index contributed by atoms with van der Waals surface area (Å²) in [6.45, 7) is 4.28. The van der Waals surface area contributed by atoms with Crippen LogP contribution in [-0.4, -0.2) is 29.2 Å². The number of amides is 3. The normalized spacial score (nSPS) is 13.8. The van der Waals surface area contributed by atoms with Crippen molar-refractivity contribution in [2.45, 2.75) is 26.4 Å². The van der Waals surface area contributed by atoms with Crippen LogP contribution in [0.2, 0.25) is 0 Å². The van der Waals surface area contributed by atoms with Crippen LogP contribution in [0.15, 0.2) is 42.5 Å². The van der Waals surface area contributed by atoms with Gasteiger partial charge in [0.2, 0.25) is 0 Å². The Morgan fingerprint density at radius 1 is 1.00 bits per heavy atom. The molecular formula is C21H19F3N2O3. The number of nitrogens with one attached hydrogen (secondary N) is 1. The van der Waals surface area contributed by atoms with E-state index in [1.54, 1.807) is 0 Å². The minimum atomic E-state index is -4.46. The molecule has 0 radical (unpaired) electrons. The van der Waals surface area contributed by atoms with Crippen molar-refractivity contribution in [2.75, 3.05) is 11.9 Å². The van der Waals surface area contributed by atoms with Gasteiger partial charge in [-0.05, 0) is 54.8 Å². The van der Waals surface area contributed by atoms with E-state index in [1.165, 1.54) is 23.1 Å². The summed E-state index contributed by atoms with van der Waals surface area (Å²) in [7, 11) is 0. The highest BCUT2D eigenvalue weighted by Crippen LogP contribution is 2.30. The number of carbonyl (C=O) groups is 3. The molecule has 0 atom stereocenters. The summed E-state index contributed by atoms with van der Waals surface area (Å²) in [6.07, 6.45) is -3.79. The number of carbonyl (C=O) groups excluding carboxylic acids is 3. The van der Waals surface area contributed by atoms with Crippen LogP contribution >= 0.6 is 0 Å². The maximum Gasteiger partial charge on any atom is 0.416 e. The van der Waals surface area contributed by atoms with Crippen molar-refractivity contribution < 1.29 is 27.6 Å². The quantitative estimate of drug-likeness (QED) is 0.741. The molecule has 1 aliphatic heterocycles. The fourth-order valence-corrected chi connectivity index (χ4v) is 2.97. The van der Waals surface area contributed by atoms with Crippen molar-refractivity contribution in [3.05, 3.63) is 64.7 Å². The zero-order chi connectivity index (χ0) is 21.3. The summed E-state index contributed by atoms with van der Waals surface area (Å²) >= 11 is 0. The van der Waals surface area contributed by atoms with Gasteiger partial charge in [0.25, 0.3) is 17.7 Å². The van der Waals surface area contributed by atoms with Gasteiger partial charge in [-0.3, -0.25) is 19.3 Å². The molecule has 2 aromatic rings. The monoisotopic (exact) mass is 404 g/mol. The lowest BCUT2D eigenvalue weighted by molar-refractivity contribution is -0.137. The summed E-state index contributed by atoms with van der Waals surface area (Å²) in [5.41, 5.74) is -0.109. The number of imide groups is 1. The second-order valence-electron chi connectivity index (χ2n) is 7.23. The van der Waals surface area contributed by atoms with Crippen molar-refractivity contribution >= 4 is 23.4 Å². The lowest BCUT2D eigenvalue weighted by atomic mass is 10.1. The smallest absolute Gasteiger partial charge is 0.322 e. The summed E-state index contributed by atoms with van der Waals surface area (Å²) < 4.78 is 37.9. The predicted molar refractivity (Wildman–Crippen MR) is 101 cm³/mol. The fraction of sp³-hybridized carbons (Fsp3) is 0.286. The first-order valence-corrected chi connectivity index (χ1v) is 9.07. The minimum absolute atomic E-state index is 0.135. The molecule has 3 rings (SSSR count). The molecule has 1 aliphatic rings. The zero-order valence-electron chi connectivity index (χ0n) is 15.8. The molecule has 5 nitrogen and oxygen atoms in total. The van der Waals surface area contributed by atoms with E-state index >= 15 is 0 Å². The van der Waals surface area contributed by atoms with Crippen LogP contribution in [-0.2, 0) is 6.18 Å². The molecule has 2 aromatic carbocycles. The highest BCUT2D eigenvalue weighted by molar-refractivity contribution is 6.22. The molecule has 1 heterocycles. The molecule has 0 unspecified atom stereocenters. The first-order valence-electron chi connectivity index (χ1n) is 9.07. The average molecular weight is 404 g/mol. The third-order valence-corrected chi connectivity index (χ3v) is 4.63. The fourth-order valence-electron chi connectivity index (χ4n) is 2.97. The van der Waals surface area contributed by atoms with Gasteiger partial charge >= 0.3 is 6.18 Å². The zero-order valence-corrected chi connectivity index (χ0v) is 15.8. The van der Waals surface area contributed by atoms with Crippen LogP contribution in [0.1, 0.15) is 56.9 Å². The highest BCUT2D eigenvalue weighted by Gasteiger charge is 2.35. The van der Waals surface area contributed by atoms with E-state index in [4.69, 9.17) is 0 Å². The molecule has 152 valence electrons. The van der Waals surface area contributed by atoms with Crippen LogP contribution in [0.4, 0.5) is 18.9 Å². The first kappa shape index (κ1) is 20.6. The molecule has 0 saturated heterocycles. The maximum atomic E-state index is 12.6. The number of rotatable bonds is 5. The van der Waals surface area contributed by atoms with Crippen molar-refractivity contribution in [3.8, 4) is 0 Å². The SMILES string of the molecule is CC(C)CCN1C(=O)c2ccc(C(=O)Nc3ccc(C(F)(F)F)cc3)cc2C1=O. The lowest BCUT2D eigenvalue weighted by Gasteiger charge is -2.14. The Morgan fingerprint density at radius 2 is 1.62 bits per heavy atom. The van der Waals surface area contributed by atoms with Gasteiger partial charge in [0.05, 0.1) is 16.7 Å². The van der Waals surface area contributed by atoms with E-state index < -0.39 is 23.6 Å². The summed E-state index contributed by atoms with van der Waals surface area (Å²) in [5.74, 6) is -1.10. The van der Waals surface area contributed by atoms with Gasteiger partial charge in [-0.25, -0.2) is 0 Å². The summed E-state index contributed by atoms with van der Waals surface area (Å²) in [4.78, 5) is 38.6. The Morgan fingerprint density at radius 3 is 2.21 bits per heavy atom. The number of fused-ring (bicyclic) bond motifs is 1. The van der Waals surface area contributed by atoms with Crippen LogP contribution in [0.3, 0.4) is 0 Å². The van der Waals surface area contributed by atoms with Crippen molar-refractivity contribution in [3.63, 3.8) is 0 Å². The van der Waals surface area contributed by atoms with Crippen LogP contribution in [0.5, 0.6) is 0 Å². The molecule has 0 aliphatic carbocycles. The van der Waals surface area contributed by atoms with Crippen molar-refractivity contribution in [1.82, 2.24) is 4.90 Å². The summed E-state index contributed by atoms with van der Waals surface area (Å²) in [6, 6.07) is 8.21. The Balaban J connectivity index is 1.76. The number of alkyl halides is 3. The number of nitrogens with zero attached hydrogens (tertiary/aromatic N) is 1. The van der Waals surface area contributed by atoms with Gasteiger partial charge in [-0.15, -0.1) is 0 Å². The number of halogens is 3. The van der Waals surface area contributed by atoms with Crippen LogP contribution in [0.25, 0.3) is 0 Å². The van der Waals surface area contributed by atoms with Gasteiger partial charge in [0.1, 0.15) is 0 Å². The number of anilines is 1. The minimum Gasteiger partial charge on any atom is -0.322 e. The van der Waals surface area contributed by atoms with E-state index in [0.29, 0.717) is 18.9 Å².